The zero-order valence-corrected chi connectivity index (χ0v) is 19.2. The van der Waals surface area contributed by atoms with Gasteiger partial charge in [0.05, 0.1) is 37.8 Å². The molecule has 0 amide bonds. The van der Waals surface area contributed by atoms with Crippen molar-refractivity contribution in [3.05, 3.63) is 24.5 Å². The first kappa shape index (κ1) is 23.2. The molecule has 2 aromatic heterocycles. The molecule has 0 radical (unpaired) electrons. The fourth-order valence-electron chi connectivity index (χ4n) is 4.35. The first-order chi connectivity index (χ1) is 15.9. The summed E-state index contributed by atoms with van der Waals surface area (Å²) < 4.78 is 10.8. The molecule has 2 saturated heterocycles. The molecule has 0 spiro atoms. The summed E-state index contributed by atoms with van der Waals surface area (Å²) in [6.07, 6.45) is 8.43. The lowest BCUT2D eigenvalue weighted by molar-refractivity contribution is 0.0372. The Balaban J connectivity index is 1.20. The number of nitrogens with one attached hydrogen (secondary N) is 2. The fraction of sp³-hybridized carbons (Fsp3) is 0.667. The molecule has 4 rings (SSSR count). The Bertz CT molecular complexity index is 741. The molecule has 2 aliphatic heterocycles. The second-order valence-corrected chi connectivity index (χ2v) is 8.59. The highest BCUT2D eigenvalue weighted by Crippen LogP contribution is 2.25. The maximum atomic E-state index is 5.42. The Labute approximate surface area is 191 Å². The predicted molar refractivity (Wildman–Crippen MR) is 130 cm³/mol. The van der Waals surface area contributed by atoms with Crippen LogP contribution < -0.4 is 10.6 Å². The summed E-state index contributed by atoms with van der Waals surface area (Å²) in [5.74, 6) is 0. The van der Waals surface area contributed by atoms with E-state index in [9.17, 15) is 0 Å². The maximum Gasteiger partial charge on any atom is 0.114 e. The minimum Gasteiger partial charge on any atom is -0.383 e. The molecule has 2 fully saturated rings. The first-order valence-electron chi connectivity index (χ1n) is 12.2. The van der Waals surface area contributed by atoms with Crippen LogP contribution in [0.3, 0.4) is 0 Å². The predicted octanol–water partition coefficient (Wildman–Crippen LogP) is 2.68. The van der Waals surface area contributed by atoms with Crippen LogP contribution in [0, 0.1) is 0 Å². The number of fused-ring (bicyclic) bond motifs is 1. The normalized spacial score (nSPS) is 18.1. The Kier molecular flexibility index (Phi) is 9.33. The van der Waals surface area contributed by atoms with Gasteiger partial charge in [-0.15, -0.1) is 0 Å². The summed E-state index contributed by atoms with van der Waals surface area (Å²) in [6.45, 7) is 12.0. The van der Waals surface area contributed by atoms with Crippen molar-refractivity contribution in [3.8, 4) is 0 Å². The van der Waals surface area contributed by atoms with Gasteiger partial charge in [-0.25, -0.2) is 0 Å². The Morgan fingerprint density at radius 3 is 1.53 bits per heavy atom. The summed E-state index contributed by atoms with van der Waals surface area (Å²) in [5.41, 5.74) is 4.02. The highest BCUT2D eigenvalue weighted by Gasteiger charge is 2.11. The lowest BCUT2D eigenvalue weighted by Gasteiger charge is -2.26. The van der Waals surface area contributed by atoms with Crippen molar-refractivity contribution in [1.82, 2.24) is 19.8 Å². The standard InChI is InChI=1S/C24H38N6O2/c1(3-11-29-13-17-31-18-14-29)7-25-21-5-9-28-24-22(6-10-27-23(21)24)26-8-2-4-12-30-15-19-32-20-16-30/h5-6,9-10H,1-4,7-8,11-20H2,(H,25,28)(H,26,27). The van der Waals surface area contributed by atoms with Gasteiger partial charge in [-0.2, -0.15) is 0 Å². The van der Waals surface area contributed by atoms with Gasteiger partial charge in [0.2, 0.25) is 0 Å². The van der Waals surface area contributed by atoms with E-state index >= 15 is 0 Å². The van der Waals surface area contributed by atoms with Gasteiger partial charge in [0.25, 0.3) is 0 Å². The second-order valence-electron chi connectivity index (χ2n) is 8.59. The molecule has 4 heterocycles. The summed E-state index contributed by atoms with van der Waals surface area (Å²) in [4.78, 5) is 14.2. The molecular weight excluding hydrogens is 404 g/mol. The number of unbranched alkanes of at least 4 members (excludes halogenated alkanes) is 2. The molecule has 2 N–H and O–H groups in total. The molecule has 0 bridgehead atoms. The number of morpholine rings is 2. The minimum atomic E-state index is 0.872. The topological polar surface area (TPSA) is 74.8 Å². The second kappa shape index (κ2) is 12.9. The highest BCUT2D eigenvalue weighted by molar-refractivity contribution is 5.95. The van der Waals surface area contributed by atoms with Crippen molar-refractivity contribution in [2.24, 2.45) is 0 Å². The molecule has 0 aromatic carbocycles. The zero-order chi connectivity index (χ0) is 21.8. The number of hydrogen-bond acceptors (Lipinski definition) is 8. The minimum absolute atomic E-state index is 0.872. The Morgan fingerprint density at radius 2 is 1.09 bits per heavy atom. The smallest absolute Gasteiger partial charge is 0.114 e. The number of hydrogen-bond donors (Lipinski definition) is 2. The average molecular weight is 443 g/mol. The summed E-state index contributed by atoms with van der Waals surface area (Å²) in [5, 5.41) is 7.15. The molecule has 8 nitrogen and oxygen atoms in total. The average Bonchev–Trinajstić information content (AvgIpc) is 2.85. The molecule has 8 heteroatoms. The van der Waals surface area contributed by atoms with Crippen LogP contribution in [0.2, 0.25) is 0 Å². The van der Waals surface area contributed by atoms with Gasteiger partial charge in [0, 0.05) is 51.7 Å². The van der Waals surface area contributed by atoms with Gasteiger partial charge in [0.1, 0.15) is 11.0 Å². The summed E-state index contributed by atoms with van der Waals surface area (Å²) in [7, 11) is 0. The highest BCUT2D eigenvalue weighted by atomic mass is 16.5. The van der Waals surface area contributed by atoms with E-state index in [1.54, 1.807) is 0 Å². The Hall–Kier alpha value is -2.00. The monoisotopic (exact) mass is 442 g/mol. The molecule has 0 atom stereocenters. The maximum absolute atomic E-state index is 5.42. The number of aromatic nitrogens is 2. The molecule has 0 aliphatic carbocycles. The molecule has 32 heavy (non-hydrogen) atoms. The van der Waals surface area contributed by atoms with Crippen LogP contribution in [0.15, 0.2) is 24.5 Å². The molecule has 176 valence electrons. The summed E-state index contributed by atoms with van der Waals surface area (Å²) >= 11 is 0. The van der Waals surface area contributed by atoms with Crippen molar-refractivity contribution in [3.63, 3.8) is 0 Å². The van der Waals surface area contributed by atoms with Crippen LogP contribution in [0.4, 0.5) is 11.4 Å². The van der Waals surface area contributed by atoms with Crippen molar-refractivity contribution in [1.29, 1.82) is 0 Å². The van der Waals surface area contributed by atoms with Crippen molar-refractivity contribution in [2.75, 3.05) is 89.4 Å². The number of rotatable bonds is 12. The van der Waals surface area contributed by atoms with Crippen molar-refractivity contribution < 1.29 is 9.47 Å². The van der Waals surface area contributed by atoms with Gasteiger partial charge in [-0.1, -0.05) is 0 Å². The first-order valence-corrected chi connectivity index (χ1v) is 12.2. The van der Waals surface area contributed by atoms with E-state index in [1.807, 2.05) is 24.5 Å². The zero-order valence-electron chi connectivity index (χ0n) is 19.2. The quantitative estimate of drug-likeness (QED) is 0.486. The largest absolute Gasteiger partial charge is 0.383 e. The molecule has 2 aliphatic rings. The molecule has 0 saturated carbocycles. The van der Waals surface area contributed by atoms with Gasteiger partial charge in [0.15, 0.2) is 0 Å². The van der Waals surface area contributed by atoms with E-state index in [0.717, 1.165) is 114 Å². The van der Waals surface area contributed by atoms with E-state index in [2.05, 4.69) is 30.4 Å². The van der Waals surface area contributed by atoms with E-state index in [-0.39, 0.29) is 0 Å². The van der Waals surface area contributed by atoms with Crippen LogP contribution in [0.5, 0.6) is 0 Å². The van der Waals surface area contributed by atoms with Crippen LogP contribution >= 0.6 is 0 Å². The molecular formula is C24H38N6O2. The third kappa shape index (κ3) is 7.00. The van der Waals surface area contributed by atoms with E-state index < -0.39 is 0 Å². The lowest BCUT2D eigenvalue weighted by Crippen LogP contribution is -2.36. The van der Waals surface area contributed by atoms with Crippen molar-refractivity contribution in [2.45, 2.75) is 25.7 Å². The van der Waals surface area contributed by atoms with Crippen LogP contribution in [-0.2, 0) is 9.47 Å². The molecule has 2 aromatic rings. The van der Waals surface area contributed by atoms with Crippen molar-refractivity contribution >= 4 is 22.4 Å². The molecule has 0 unspecified atom stereocenters. The lowest BCUT2D eigenvalue weighted by atomic mass is 10.2. The van der Waals surface area contributed by atoms with Gasteiger partial charge < -0.3 is 20.1 Å². The van der Waals surface area contributed by atoms with E-state index in [4.69, 9.17) is 9.47 Å². The number of ether oxygens (including phenoxy) is 2. The van der Waals surface area contributed by atoms with E-state index in [1.165, 1.54) is 12.8 Å². The third-order valence-corrected chi connectivity index (χ3v) is 6.26. The fourth-order valence-corrected chi connectivity index (χ4v) is 4.35. The van der Waals surface area contributed by atoms with E-state index in [0.29, 0.717) is 0 Å². The van der Waals surface area contributed by atoms with Crippen LogP contribution in [-0.4, -0.2) is 98.6 Å². The number of nitrogens with zero attached hydrogens (tertiary/aromatic N) is 4. The van der Waals surface area contributed by atoms with Gasteiger partial charge in [-0.05, 0) is 50.9 Å². The van der Waals surface area contributed by atoms with Crippen LogP contribution in [0.25, 0.3) is 11.0 Å². The van der Waals surface area contributed by atoms with Gasteiger partial charge >= 0.3 is 0 Å². The van der Waals surface area contributed by atoms with Gasteiger partial charge in [-0.3, -0.25) is 19.8 Å². The SMILES string of the molecule is c1cc(NCCCCN2CCOCC2)c2nccc(NCCCCN3CCOCC3)c2n1. The van der Waals surface area contributed by atoms with Crippen LogP contribution in [0.1, 0.15) is 25.7 Å². The number of pyridine rings is 2. The Morgan fingerprint density at radius 1 is 0.656 bits per heavy atom. The summed E-state index contributed by atoms with van der Waals surface area (Å²) in [6, 6.07) is 4.06. The number of anilines is 2. The third-order valence-electron chi connectivity index (χ3n) is 6.26.